The predicted octanol–water partition coefficient (Wildman–Crippen LogP) is 4.76. The summed E-state index contributed by atoms with van der Waals surface area (Å²) in [5.74, 6) is 0.917. The zero-order valence-corrected chi connectivity index (χ0v) is 16.3. The number of ketones is 1. The number of ether oxygens (including phenoxy) is 1. The molecule has 4 rings (SSSR count). The van der Waals surface area contributed by atoms with Crippen LogP contribution in [0.15, 0.2) is 84.0 Å². The van der Waals surface area contributed by atoms with Crippen LogP contribution in [0.2, 0.25) is 0 Å². The number of hydrogen-bond donors (Lipinski definition) is 1. The van der Waals surface area contributed by atoms with Gasteiger partial charge < -0.3 is 9.64 Å². The van der Waals surface area contributed by atoms with E-state index in [1.54, 1.807) is 7.11 Å². The van der Waals surface area contributed by atoms with Gasteiger partial charge in [-0.15, -0.1) is 0 Å². The highest BCUT2D eigenvalue weighted by molar-refractivity contribution is 6.49. The molecule has 1 N–H and O–H groups in total. The molecule has 29 heavy (non-hydrogen) atoms. The number of hydrogen-bond acceptors (Lipinski definition) is 4. The van der Waals surface area contributed by atoms with E-state index in [1.807, 2.05) is 77.7 Å². The summed E-state index contributed by atoms with van der Waals surface area (Å²) in [6, 6.07) is 25.0. The molecule has 0 spiro atoms. The Morgan fingerprint density at radius 2 is 1.69 bits per heavy atom. The summed E-state index contributed by atoms with van der Waals surface area (Å²) in [7, 11) is 1.61. The Balaban J connectivity index is 1.75. The molecule has 0 bridgehead atoms. The lowest BCUT2D eigenvalue weighted by molar-refractivity contribution is 0.106. The Labute approximate surface area is 170 Å². The van der Waals surface area contributed by atoms with Crippen LogP contribution in [0.3, 0.4) is 0 Å². The van der Waals surface area contributed by atoms with Gasteiger partial charge in [0.2, 0.25) is 11.6 Å². The fraction of sp³-hybridized carbons (Fsp3) is 0.167. The quantitative estimate of drug-likeness (QED) is 0.298. The molecule has 5 heteroatoms. The average molecular weight is 385 g/mol. The third kappa shape index (κ3) is 3.99. The lowest BCUT2D eigenvalue weighted by Gasteiger charge is -2.31. The van der Waals surface area contributed by atoms with Gasteiger partial charge >= 0.3 is 0 Å². The molecule has 0 amide bonds. The highest BCUT2D eigenvalue weighted by atomic mass is 16.5. The van der Waals surface area contributed by atoms with Gasteiger partial charge in [0.25, 0.3) is 0 Å². The molecular formula is C24H23N3O2. The van der Waals surface area contributed by atoms with E-state index in [4.69, 9.17) is 4.74 Å². The van der Waals surface area contributed by atoms with E-state index < -0.39 is 0 Å². The normalized spacial score (nSPS) is 13.6. The Morgan fingerprint density at radius 1 is 0.966 bits per heavy atom. The number of para-hydroxylation sites is 3. The topological polar surface area (TPSA) is 53.9 Å². The van der Waals surface area contributed by atoms with Gasteiger partial charge in [0, 0.05) is 17.8 Å². The van der Waals surface area contributed by atoms with E-state index in [1.165, 1.54) is 5.56 Å². The molecule has 1 aliphatic heterocycles. The van der Waals surface area contributed by atoms with Gasteiger partial charge in [-0.25, -0.2) is 0 Å². The van der Waals surface area contributed by atoms with Crippen LogP contribution in [-0.4, -0.2) is 25.3 Å². The molecule has 1 heterocycles. The Bertz CT molecular complexity index is 1030. The van der Waals surface area contributed by atoms with Crippen molar-refractivity contribution in [3.63, 3.8) is 0 Å². The summed E-state index contributed by atoms with van der Waals surface area (Å²) in [5, 5.41) is 4.56. The van der Waals surface area contributed by atoms with Crippen molar-refractivity contribution >= 4 is 23.0 Å². The van der Waals surface area contributed by atoms with Crippen LogP contribution in [0.25, 0.3) is 0 Å². The number of nitrogens with one attached hydrogen (secondary N) is 1. The second kappa shape index (κ2) is 8.61. The maximum Gasteiger partial charge on any atom is 0.230 e. The summed E-state index contributed by atoms with van der Waals surface area (Å²) in [6.45, 7) is 0.738. The van der Waals surface area contributed by atoms with E-state index in [0.29, 0.717) is 22.8 Å². The molecule has 0 fully saturated rings. The molecule has 0 aliphatic carbocycles. The Kier molecular flexibility index (Phi) is 5.56. The van der Waals surface area contributed by atoms with Gasteiger partial charge in [0.15, 0.2) is 0 Å². The zero-order valence-electron chi connectivity index (χ0n) is 16.3. The second-order valence-corrected chi connectivity index (χ2v) is 6.83. The first-order chi connectivity index (χ1) is 14.3. The van der Waals surface area contributed by atoms with Crippen molar-refractivity contribution in [2.75, 3.05) is 24.0 Å². The number of carbonyl (C=O) groups is 1. The summed E-state index contributed by atoms with van der Waals surface area (Å²) in [5.41, 5.74) is 6.62. The number of benzene rings is 3. The number of methoxy groups -OCH3 is 1. The molecular weight excluding hydrogens is 362 g/mol. The van der Waals surface area contributed by atoms with E-state index >= 15 is 0 Å². The SMILES string of the molecule is COc1ccccc1N/N=C(/C(=O)c1ccccc1)N1CCCc2ccccc21. The van der Waals surface area contributed by atoms with Crippen molar-refractivity contribution in [2.24, 2.45) is 5.10 Å². The van der Waals surface area contributed by atoms with Crippen LogP contribution in [0.5, 0.6) is 5.75 Å². The van der Waals surface area contributed by atoms with Crippen LogP contribution in [0.1, 0.15) is 22.3 Å². The van der Waals surface area contributed by atoms with E-state index in [0.717, 1.165) is 25.1 Å². The number of nitrogens with zero attached hydrogens (tertiary/aromatic N) is 2. The van der Waals surface area contributed by atoms with Crippen LogP contribution >= 0.6 is 0 Å². The molecule has 3 aromatic carbocycles. The lowest BCUT2D eigenvalue weighted by Crippen LogP contribution is -2.41. The summed E-state index contributed by atoms with van der Waals surface area (Å²) in [6.07, 6.45) is 1.96. The molecule has 0 saturated carbocycles. The first kappa shape index (κ1) is 18.7. The molecule has 0 radical (unpaired) electrons. The minimum atomic E-state index is -0.121. The highest BCUT2D eigenvalue weighted by Crippen LogP contribution is 2.28. The van der Waals surface area contributed by atoms with E-state index in [-0.39, 0.29) is 5.78 Å². The number of fused-ring (bicyclic) bond motifs is 1. The number of rotatable bonds is 5. The summed E-state index contributed by atoms with van der Waals surface area (Å²) >= 11 is 0. The fourth-order valence-electron chi connectivity index (χ4n) is 3.56. The monoisotopic (exact) mass is 385 g/mol. The van der Waals surface area contributed by atoms with Crippen LogP contribution in [0, 0.1) is 0 Å². The number of amidine groups is 1. The summed E-state index contributed by atoms with van der Waals surface area (Å²) < 4.78 is 5.39. The third-order valence-corrected chi connectivity index (χ3v) is 4.99. The standard InChI is InChI=1S/C24H23N3O2/c1-29-22-16-8-6-14-20(22)25-26-24(23(28)19-11-3-2-4-12-19)27-17-9-13-18-10-5-7-15-21(18)27/h2-8,10-12,14-16,25H,9,13,17H2,1H3/b26-24-. The molecule has 1 aliphatic rings. The molecule has 3 aromatic rings. The van der Waals surface area contributed by atoms with E-state index in [2.05, 4.69) is 16.6 Å². The van der Waals surface area contributed by atoms with Crippen LogP contribution in [0.4, 0.5) is 11.4 Å². The summed E-state index contributed by atoms with van der Waals surface area (Å²) in [4.78, 5) is 15.4. The average Bonchev–Trinajstić information content (AvgIpc) is 2.80. The van der Waals surface area contributed by atoms with Gasteiger partial charge in [0.05, 0.1) is 12.8 Å². The maximum absolute atomic E-state index is 13.4. The molecule has 5 nitrogen and oxygen atoms in total. The number of hydrazone groups is 1. The number of aryl methyl sites for hydroxylation is 1. The fourth-order valence-corrected chi connectivity index (χ4v) is 3.56. The van der Waals surface area contributed by atoms with Crippen molar-refractivity contribution in [2.45, 2.75) is 12.8 Å². The first-order valence-corrected chi connectivity index (χ1v) is 9.70. The van der Waals surface area contributed by atoms with Crippen molar-refractivity contribution in [1.82, 2.24) is 0 Å². The van der Waals surface area contributed by atoms with Crippen molar-refractivity contribution in [3.05, 3.63) is 90.0 Å². The molecule has 0 saturated heterocycles. The smallest absolute Gasteiger partial charge is 0.230 e. The van der Waals surface area contributed by atoms with Gasteiger partial charge in [-0.3, -0.25) is 10.2 Å². The number of carbonyl (C=O) groups excluding carboxylic acids is 1. The number of Topliss-reactive ketones (excluding diaryl/α,β-unsaturated/α-hetero) is 1. The minimum absolute atomic E-state index is 0.121. The lowest BCUT2D eigenvalue weighted by atomic mass is 10.0. The zero-order chi connectivity index (χ0) is 20.1. The number of anilines is 2. The maximum atomic E-state index is 13.4. The molecule has 146 valence electrons. The van der Waals surface area contributed by atoms with Gasteiger partial charge in [0.1, 0.15) is 5.75 Å². The predicted molar refractivity (Wildman–Crippen MR) is 117 cm³/mol. The van der Waals surface area contributed by atoms with Crippen LogP contribution in [-0.2, 0) is 6.42 Å². The van der Waals surface area contributed by atoms with Crippen molar-refractivity contribution < 1.29 is 9.53 Å². The second-order valence-electron chi connectivity index (χ2n) is 6.83. The largest absolute Gasteiger partial charge is 0.495 e. The van der Waals surface area contributed by atoms with Gasteiger partial charge in [-0.1, -0.05) is 60.7 Å². The van der Waals surface area contributed by atoms with Gasteiger partial charge in [-0.05, 0) is 36.6 Å². The van der Waals surface area contributed by atoms with Crippen molar-refractivity contribution in [3.8, 4) is 5.75 Å². The third-order valence-electron chi connectivity index (χ3n) is 4.99. The van der Waals surface area contributed by atoms with Crippen molar-refractivity contribution in [1.29, 1.82) is 0 Å². The first-order valence-electron chi connectivity index (χ1n) is 9.70. The molecule has 0 atom stereocenters. The van der Waals surface area contributed by atoms with Crippen LogP contribution < -0.4 is 15.1 Å². The Hall–Kier alpha value is -3.60. The minimum Gasteiger partial charge on any atom is -0.495 e. The highest BCUT2D eigenvalue weighted by Gasteiger charge is 2.26. The Morgan fingerprint density at radius 3 is 2.52 bits per heavy atom. The molecule has 0 unspecified atom stereocenters. The van der Waals surface area contributed by atoms with E-state index in [9.17, 15) is 4.79 Å². The molecule has 0 aromatic heterocycles. The van der Waals surface area contributed by atoms with Gasteiger partial charge in [-0.2, -0.15) is 5.10 Å².